The molecule has 1 atom stereocenters. The Labute approximate surface area is 194 Å². The molecule has 0 bridgehead atoms. The number of fused-ring (bicyclic) bond motifs is 3. The fraction of sp³-hybridized carbons (Fsp3) is 0.304. The van der Waals surface area contributed by atoms with Crippen LogP contribution in [0.3, 0.4) is 0 Å². The van der Waals surface area contributed by atoms with Gasteiger partial charge in [-0.25, -0.2) is 13.2 Å². The molecule has 4 rings (SSSR count). The molecule has 3 aromatic rings. The quantitative estimate of drug-likeness (QED) is 0.484. The van der Waals surface area contributed by atoms with Gasteiger partial charge >= 0.3 is 5.97 Å². The highest BCUT2D eigenvalue weighted by Crippen LogP contribution is 2.43. The Morgan fingerprint density at radius 3 is 2.70 bits per heavy atom. The molecule has 174 valence electrons. The Bertz CT molecular complexity index is 1360. The molecule has 3 heterocycles. The molecule has 0 spiro atoms. The van der Waals surface area contributed by atoms with Crippen molar-refractivity contribution < 1.29 is 27.8 Å². The van der Waals surface area contributed by atoms with Crippen molar-refractivity contribution in [2.45, 2.75) is 18.9 Å². The molecule has 1 aromatic carbocycles. The molecule has 1 unspecified atom stereocenters. The summed E-state index contributed by atoms with van der Waals surface area (Å²) in [6, 6.07) is 8.72. The Kier molecular flexibility index (Phi) is 6.31. The van der Waals surface area contributed by atoms with Crippen molar-refractivity contribution >= 4 is 27.1 Å². The van der Waals surface area contributed by atoms with Crippen LogP contribution in [-0.2, 0) is 16.3 Å². The number of nitrogens with zero attached hydrogens (tertiary/aromatic N) is 1. The highest BCUT2D eigenvalue weighted by molar-refractivity contribution is 7.90. The first kappa shape index (κ1) is 23.1. The van der Waals surface area contributed by atoms with Gasteiger partial charge in [0.1, 0.15) is 15.4 Å². The average molecular weight is 490 g/mol. The second-order valence-corrected chi connectivity index (χ2v) is 11.1. The minimum absolute atomic E-state index is 0.0307. The fourth-order valence-corrected chi connectivity index (χ4v) is 5.46. The number of carbonyl (C=O) groups is 1. The fourth-order valence-electron chi connectivity index (χ4n) is 3.99. The van der Waals surface area contributed by atoms with E-state index in [4.69, 9.17) is 9.47 Å². The summed E-state index contributed by atoms with van der Waals surface area (Å²) >= 11 is 1.56. The molecule has 10 heteroatoms. The maximum absolute atomic E-state index is 12.5. The molecule has 0 aliphatic carbocycles. The zero-order valence-electron chi connectivity index (χ0n) is 18.1. The number of hydrogen-bond donors (Lipinski definition) is 1. The van der Waals surface area contributed by atoms with E-state index in [0.717, 1.165) is 16.0 Å². The second kappa shape index (κ2) is 9.03. The van der Waals surface area contributed by atoms with Crippen molar-refractivity contribution in [3.8, 4) is 22.8 Å². The third kappa shape index (κ3) is 4.81. The Morgan fingerprint density at radius 2 is 2.06 bits per heavy atom. The molecular formula is C23H23NO7S2. The predicted molar refractivity (Wildman–Crippen MR) is 126 cm³/mol. The Morgan fingerprint density at radius 1 is 1.27 bits per heavy atom. The molecule has 2 aromatic heterocycles. The van der Waals surface area contributed by atoms with Gasteiger partial charge in [-0.15, -0.1) is 11.3 Å². The summed E-state index contributed by atoms with van der Waals surface area (Å²) in [6.07, 6.45) is 3.52. The predicted octanol–water partition coefficient (Wildman–Crippen LogP) is 3.24. The monoisotopic (exact) mass is 489 g/mol. The van der Waals surface area contributed by atoms with E-state index in [2.05, 4.69) is 0 Å². The molecule has 0 fully saturated rings. The molecule has 0 radical (unpaired) electrons. The van der Waals surface area contributed by atoms with Crippen LogP contribution in [0.4, 0.5) is 0 Å². The summed E-state index contributed by atoms with van der Waals surface area (Å²) in [6.45, 7) is 0.217. The van der Waals surface area contributed by atoms with Gasteiger partial charge in [0.15, 0.2) is 16.9 Å². The van der Waals surface area contributed by atoms with Crippen LogP contribution < -0.4 is 14.9 Å². The number of carboxylic acid groups (broad SMARTS) is 1. The number of sulfone groups is 1. The molecule has 8 nitrogen and oxygen atoms in total. The molecule has 1 aliphatic rings. The summed E-state index contributed by atoms with van der Waals surface area (Å²) < 4.78 is 35.9. The lowest BCUT2D eigenvalue weighted by Gasteiger charge is -2.31. The maximum atomic E-state index is 12.5. The lowest BCUT2D eigenvalue weighted by molar-refractivity contribution is 0.0694. The lowest BCUT2D eigenvalue weighted by atomic mass is 9.91. The number of hydrogen-bond acceptors (Lipinski definition) is 7. The van der Waals surface area contributed by atoms with E-state index < -0.39 is 21.2 Å². The van der Waals surface area contributed by atoms with Crippen molar-refractivity contribution in [3.05, 3.63) is 68.1 Å². The van der Waals surface area contributed by atoms with Crippen LogP contribution in [-0.4, -0.2) is 49.8 Å². The molecule has 1 aliphatic heterocycles. The van der Waals surface area contributed by atoms with E-state index in [9.17, 15) is 23.1 Å². The van der Waals surface area contributed by atoms with Gasteiger partial charge < -0.3 is 19.1 Å². The number of methoxy groups -OCH3 is 1. The number of aromatic carboxylic acids is 1. The van der Waals surface area contributed by atoms with Gasteiger partial charge in [-0.1, -0.05) is 6.07 Å². The first-order valence-electron chi connectivity index (χ1n) is 10.2. The normalized spacial score (nSPS) is 14.9. The first-order valence-corrected chi connectivity index (χ1v) is 13.2. The van der Waals surface area contributed by atoms with E-state index in [0.29, 0.717) is 30.0 Å². The second-order valence-electron chi connectivity index (χ2n) is 7.88. The number of pyridine rings is 1. The van der Waals surface area contributed by atoms with Crippen LogP contribution >= 0.6 is 11.3 Å². The van der Waals surface area contributed by atoms with E-state index in [1.165, 1.54) is 25.6 Å². The third-order valence-electron chi connectivity index (χ3n) is 5.51. The van der Waals surface area contributed by atoms with Crippen molar-refractivity contribution in [1.82, 2.24) is 4.57 Å². The summed E-state index contributed by atoms with van der Waals surface area (Å²) in [4.78, 5) is 25.1. The number of thiophene rings is 1. The van der Waals surface area contributed by atoms with E-state index in [1.54, 1.807) is 17.4 Å². The Hall–Kier alpha value is -3.11. The largest absolute Gasteiger partial charge is 0.493 e. The van der Waals surface area contributed by atoms with E-state index in [-0.39, 0.29) is 24.0 Å². The van der Waals surface area contributed by atoms with Crippen molar-refractivity contribution in [1.29, 1.82) is 0 Å². The first-order chi connectivity index (χ1) is 15.7. The van der Waals surface area contributed by atoms with Gasteiger partial charge in [0.2, 0.25) is 0 Å². The van der Waals surface area contributed by atoms with Crippen molar-refractivity contribution in [3.63, 3.8) is 0 Å². The molecule has 0 saturated carbocycles. The van der Waals surface area contributed by atoms with E-state index >= 15 is 0 Å². The molecule has 1 N–H and O–H groups in total. The van der Waals surface area contributed by atoms with Crippen LogP contribution in [0.25, 0.3) is 11.3 Å². The van der Waals surface area contributed by atoms with Gasteiger partial charge in [-0.05, 0) is 42.0 Å². The van der Waals surface area contributed by atoms with Gasteiger partial charge in [0.05, 0.1) is 31.2 Å². The van der Waals surface area contributed by atoms with Crippen LogP contribution in [0.1, 0.15) is 33.3 Å². The molecule has 0 saturated heterocycles. The van der Waals surface area contributed by atoms with Crippen LogP contribution in [0.2, 0.25) is 0 Å². The minimum Gasteiger partial charge on any atom is -0.493 e. The SMILES string of the molecule is COc1cc2c(cc1OCCCS(C)(=O)=O)CC(c1cccs1)n1cc(C(=O)O)c(=O)cc1-2. The minimum atomic E-state index is -3.07. The number of ether oxygens (including phenoxy) is 2. The van der Waals surface area contributed by atoms with Crippen molar-refractivity contribution in [2.24, 2.45) is 0 Å². The number of benzene rings is 1. The van der Waals surface area contributed by atoms with Crippen LogP contribution in [0, 0.1) is 0 Å². The van der Waals surface area contributed by atoms with E-state index in [1.807, 2.05) is 28.1 Å². The standard InChI is InChI=1S/C23H23NO7S2/c1-30-20-11-15-14(10-21(20)31-6-4-8-33(2,28)29)9-18(22-5-3-7-32-22)24-13-16(23(26)27)19(25)12-17(15)24/h3,5,7,10-13,18H,4,6,8-9H2,1-2H3,(H,26,27). The maximum Gasteiger partial charge on any atom is 0.341 e. The Balaban J connectivity index is 1.78. The van der Waals surface area contributed by atoms with Crippen LogP contribution in [0.15, 0.2) is 46.7 Å². The summed E-state index contributed by atoms with van der Waals surface area (Å²) in [5.41, 5.74) is 1.45. The average Bonchev–Trinajstić information content (AvgIpc) is 3.29. The smallest absolute Gasteiger partial charge is 0.341 e. The molecule has 0 amide bonds. The zero-order chi connectivity index (χ0) is 23.8. The zero-order valence-corrected chi connectivity index (χ0v) is 19.7. The topological polar surface area (TPSA) is 112 Å². The number of carboxylic acids is 1. The van der Waals surface area contributed by atoms with Crippen LogP contribution in [0.5, 0.6) is 11.5 Å². The summed E-state index contributed by atoms with van der Waals surface area (Å²) in [5, 5.41) is 11.4. The van der Waals surface area contributed by atoms with Gasteiger partial charge in [0, 0.05) is 29.0 Å². The number of rotatable bonds is 8. The van der Waals surface area contributed by atoms with Gasteiger partial charge in [0.25, 0.3) is 0 Å². The highest BCUT2D eigenvalue weighted by Gasteiger charge is 2.29. The summed E-state index contributed by atoms with van der Waals surface area (Å²) in [5.74, 6) is -0.291. The molecular weight excluding hydrogens is 466 g/mol. The summed E-state index contributed by atoms with van der Waals surface area (Å²) in [7, 11) is -1.57. The lowest BCUT2D eigenvalue weighted by Crippen LogP contribution is -2.25. The highest BCUT2D eigenvalue weighted by atomic mass is 32.2. The molecule has 33 heavy (non-hydrogen) atoms. The number of aromatic nitrogens is 1. The van der Waals surface area contributed by atoms with Gasteiger partial charge in [-0.3, -0.25) is 4.79 Å². The van der Waals surface area contributed by atoms with Gasteiger partial charge in [-0.2, -0.15) is 0 Å². The van der Waals surface area contributed by atoms with Crippen molar-refractivity contribution in [2.75, 3.05) is 25.7 Å². The third-order valence-corrected chi connectivity index (χ3v) is 7.52.